The van der Waals surface area contributed by atoms with Crippen LogP contribution in [-0.2, 0) is 0 Å². The summed E-state index contributed by atoms with van der Waals surface area (Å²) in [6, 6.07) is 7.04. The number of nitrogens with zero attached hydrogens (tertiary/aromatic N) is 3. The number of hydrogen-bond donors (Lipinski definition) is 0. The van der Waals surface area contributed by atoms with E-state index in [0.29, 0.717) is 5.56 Å². The Morgan fingerprint density at radius 1 is 1.21 bits per heavy atom. The molecule has 1 aromatic carbocycles. The van der Waals surface area contributed by atoms with Crippen LogP contribution in [0, 0.1) is 0 Å². The molecule has 19 heavy (non-hydrogen) atoms. The summed E-state index contributed by atoms with van der Waals surface area (Å²) in [7, 11) is 3.69. The van der Waals surface area contributed by atoms with Crippen molar-refractivity contribution in [3.8, 4) is 5.75 Å². The predicted molar refractivity (Wildman–Crippen MR) is 74.9 cm³/mol. The number of Topliss-reactive ketones (excluding diaryl/α,β-unsaturated/α-hetero) is 1. The molecule has 1 aliphatic heterocycles. The number of carbonyl (C=O) groups is 1. The topological polar surface area (TPSA) is 45.1 Å². The average molecular weight is 261 g/mol. The Morgan fingerprint density at radius 3 is 2.42 bits per heavy atom. The summed E-state index contributed by atoms with van der Waals surface area (Å²) < 4.78 is 5.06. The van der Waals surface area contributed by atoms with Gasteiger partial charge in [0.1, 0.15) is 5.75 Å². The second-order valence-electron chi connectivity index (χ2n) is 4.59. The van der Waals surface area contributed by atoms with Crippen LogP contribution in [0.5, 0.6) is 5.75 Å². The van der Waals surface area contributed by atoms with Gasteiger partial charge in [0.2, 0.25) is 5.78 Å². The molecule has 1 heterocycles. The Kier molecular flexibility index (Phi) is 4.52. The Balaban J connectivity index is 1.92. The molecule has 0 saturated carbocycles. The average Bonchev–Trinajstić information content (AvgIpc) is 2.46. The van der Waals surface area contributed by atoms with Gasteiger partial charge in [0.05, 0.1) is 13.3 Å². The summed E-state index contributed by atoms with van der Waals surface area (Å²) in [6.07, 6.45) is 1.40. The third-order valence-corrected chi connectivity index (χ3v) is 3.19. The predicted octanol–water partition coefficient (Wildman–Crippen LogP) is 1.11. The number of piperazine rings is 1. The molecule has 1 fully saturated rings. The molecule has 2 rings (SSSR count). The monoisotopic (exact) mass is 261 g/mol. The zero-order chi connectivity index (χ0) is 13.7. The minimum Gasteiger partial charge on any atom is -0.497 e. The fraction of sp³-hybridized carbons (Fsp3) is 0.429. The van der Waals surface area contributed by atoms with Crippen molar-refractivity contribution in [1.82, 2.24) is 9.91 Å². The lowest BCUT2D eigenvalue weighted by molar-refractivity contribution is 0.106. The van der Waals surface area contributed by atoms with Crippen molar-refractivity contribution in [3.63, 3.8) is 0 Å². The fourth-order valence-electron chi connectivity index (χ4n) is 1.88. The molecule has 102 valence electrons. The van der Waals surface area contributed by atoms with Gasteiger partial charge >= 0.3 is 0 Å². The van der Waals surface area contributed by atoms with Gasteiger partial charge in [0.15, 0.2) is 0 Å². The van der Waals surface area contributed by atoms with E-state index in [9.17, 15) is 4.79 Å². The number of carbonyl (C=O) groups excluding carboxylic acids is 1. The van der Waals surface area contributed by atoms with Crippen LogP contribution in [0.4, 0.5) is 0 Å². The van der Waals surface area contributed by atoms with Crippen molar-refractivity contribution in [2.75, 3.05) is 40.3 Å². The van der Waals surface area contributed by atoms with Crippen LogP contribution in [0.3, 0.4) is 0 Å². The van der Waals surface area contributed by atoms with Gasteiger partial charge in [-0.15, -0.1) is 0 Å². The standard InChI is InChI=1S/C14H19N3O2/c1-16-7-9-17(10-8-16)15-11-14(18)12-3-5-13(19-2)6-4-12/h3-6,11H,7-10H2,1-2H3/b15-11-. The van der Waals surface area contributed by atoms with Crippen molar-refractivity contribution in [3.05, 3.63) is 29.8 Å². The maximum Gasteiger partial charge on any atom is 0.205 e. The van der Waals surface area contributed by atoms with Gasteiger partial charge in [-0.3, -0.25) is 9.80 Å². The van der Waals surface area contributed by atoms with E-state index in [2.05, 4.69) is 17.0 Å². The molecule has 0 spiro atoms. The van der Waals surface area contributed by atoms with E-state index in [1.165, 1.54) is 6.21 Å². The van der Waals surface area contributed by atoms with Crippen molar-refractivity contribution in [2.24, 2.45) is 5.10 Å². The Hall–Kier alpha value is -1.88. The highest BCUT2D eigenvalue weighted by Gasteiger charge is 2.11. The van der Waals surface area contributed by atoms with Gasteiger partial charge in [-0.05, 0) is 31.3 Å². The molecule has 0 atom stereocenters. The summed E-state index contributed by atoms with van der Waals surface area (Å²) in [5, 5.41) is 6.17. The molecule has 1 aromatic rings. The van der Waals surface area contributed by atoms with Crippen LogP contribution in [-0.4, -0.2) is 62.2 Å². The maximum absolute atomic E-state index is 11.9. The highest BCUT2D eigenvalue weighted by Crippen LogP contribution is 2.11. The first-order chi connectivity index (χ1) is 9.19. The van der Waals surface area contributed by atoms with E-state index in [-0.39, 0.29) is 5.78 Å². The van der Waals surface area contributed by atoms with Crippen molar-refractivity contribution in [2.45, 2.75) is 0 Å². The number of methoxy groups -OCH3 is 1. The van der Waals surface area contributed by atoms with Crippen LogP contribution in [0.25, 0.3) is 0 Å². The van der Waals surface area contributed by atoms with Gasteiger partial charge in [-0.2, -0.15) is 5.10 Å². The van der Waals surface area contributed by atoms with Crippen molar-refractivity contribution >= 4 is 12.0 Å². The molecular weight excluding hydrogens is 242 g/mol. The summed E-state index contributed by atoms with van der Waals surface area (Å²) in [6.45, 7) is 3.69. The van der Waals surface area contributed by atoms with Gasteiger partial charge in [0.25, 0.3) is 0 Å². The molecule has 0 N–H and O–H groups in total. The Labute approximate surface area is 113 Å². The first-order valence-electron chi connectivity index (χ1n) is 6.35. The van der Waals surface area contributed by atoms with Crippen LogP contribution in [0.15, 0.2) is 29.4 Å². The molecule has 0 unspecified atom stereocenters. The minimum absolute atomic E-state index is 0.0819. The first-order valence-corrected chi connectivity index (χ1v) is 6.35. The fourth-order valence-corrected chi connectivity index (χ4v) is 1.88. The van der Waals surface area contributed by atoms with Gasteiger partial charge in [-0.1, -0.05) is 0 Å². The van der Waals surface area contributed by atoms with E-state index < -0.39 is 0 Å². The highest BCUT2D eigenvalue weighted by molar-refractivity contribution is 6.35. The van der Waals surface area contributed by atoms with Crippen LogP contribution >= 0.6 is 0 Å². The molecular formula is C14H19N3O2. The molecule has 0 radical (unpaired) electrons. The third-order valence-electron chi connectivity index (χ3n) is 3.19. The Morgan fingerprint density at radius 2 is 1.84 bits per heavy atom. The van der Waals surface area contributed by atoms with Gasteiger partial charge in [-0.25, -0.2) is 0 Å². The Bertz CT molecular complexity index is 448. The van der Waals surface area contributed by atoms with E-state index in [1.807, 2.05) is 5.01 Å². The lowest BCUT2D eigenvalue weighted by atomic mass is 10.1. The van der Waals surface area contributed by atoms with E-state index in [4.69, 9.17) is 4.74 Å². The van der Waals surface area contributed by atoms with E-state index >= 15 is 0 Å². The SMILES string of the molecule is COc1ccc(C(=O)/C=N\N2CCN(C)CC2)cc1. The molecule has 0 aromatic heterocycles. The number of rotatable bonds is 4. The second kappa shape index (κ2) is 6.33. The van der Waals surface area contributed by atoms with Crippen LogP contribution < -0.4 is 4.74 Å². The van der Waals surface area contributed by atoms with Gasteiger partial charge < -0.3 is 9.64 Å². The largest absolute Gasteiger partial charge is 0.497 e. The lowest BCUT2D eigenvalue weighted by Crippen LogP contribution is -2.41. The number of ketones is 1. The quantitative estimate of drug-likeness (QED) is 0.601. The normalized spacial score (nSPS) is 16.8. The number of benzene rings is 1. The second-order valence-corrected chi connectivity index (χ2v) is 4.59. The molecule has 0 bridgehead atoms. The van der Waals surface area contributed by atoms with E-state index in [0.717, 1.165) is 31.9 Å². The smallest absolute Gasteiger partial charge is 0.205 e. The molecule has 5 nitrogen and oxygen atoms in total. The number of hydrogen-bond acceptors (Lipinski definition) is 5. The number of hydrazone groups is 1. The number of likely N-dealkylation sites (N-methyl/N-ethyl adjacent to an activating group) is 1. The first kappa shape index (κ1) is 13.5. The molecule has 1 saturated heterocycles. The zero-order valence-electron chi connectivity index (χ0n) is 11.4. The molecule has 5 heteroatoms. The van der Waals surface area contributed by atoms with Crippen LogP contribution in [0.2, 0.25) is 0 Å². The summed E-state index contributed by atoms with van der Waals surface area (Å²) >= 11 is 0. The van der Waals surface area contributed by atoms with E-state index in [1.54, 1.807) is 31.4 Å². The van der Waals surface area contributed by atoms with Gasteiger partial charge in [0, 0.05) is 31.7 Å². The highest BCUT2D eigenvalue weighted by atomic mass is 16.5. The zero-order valence-corrected chi connectivity index (χ0v) is 11.4. The third kappa shape index (κ3) is 3.79. The molecule has 0 amide bonds. The number of ether oxygens (including phenoxy) is 1. The minimum atomic E-state index is -0.0819. The lowest BCUT2D eigenvalue weighted by Gasteiger charge is -2.30. The summed E-state index contributed by atoms with van der Waals surface area (Å²) in [5.74, 6) is 0.661. The summed E-state index contributed by atoms with van der Waals surface area (Å²) in [4.78, 5) is 14.2. The van der Waals surface area contributed by atoms with Crippen molar-refractivity contribution in [1.29, 1.82) is 0 Å². The molecule has 1 aliphatic rings. The van der Waals surface area contributed by atoms with Crippen LogP contribution in [0.1, 0.15) is 10.4 Å². The molecule has 0 aliphatic carbocycles. The van der Waals surface area contributed by atoms with Crippen molar-refractivity contribution < 1.29 is 9.53 Å². The maximum atomic E-state index is 11.9. The summed E-state index contributed by atoms with van der Waals surface area (Å²) in [5.41, 5.74) is 0.624.